The summed E-state index contributed by atoms with van der Waals surface area (Å²) in [6.07, 6.45) is -4.60. The second kappa shape index (κ2) is 9.55. The lowest BCUT2D eigenvalue weighted by atomic mass is 10.0. The lowest BCUT2D eigenvalue weighted by molar-refractivity contribution is -0.138. The number of thiophene rings is 1. The van der Waals surface area contributed by atoms with Crippen molar-refractivity contribution in [2.75, 3.05) is 31.2 Å². The first-order valence-corrected chi connectivity index (χ1v) is 11.8. The maximum absolute atomic E-state index is 13.6. The minimum absolute atomic E-state index is 0.0465. The van der Waals surface area contributed by atoms with Gasteiger partial charge in [0.05, 0.1) is 24.8 Å². The highest BCUT2D eigenvalue weighted by atomic mass is 32.2. The lowest BCUT2D eigenvalue weighted by Crippen LogP contribution is -2.44. The Balaban J connectivity index is 1.69. The predicted molar refractivity (Wildman–Crippen MR) is 110 cm³/mol. The first-order chi connectivity index (χ1) is 14.6. The van der Waals surface area contributed by atoms with Crippen LogP contribution in [0.1, 0.15) is 18.1 Å². The molecule has 0 aliphatic carbocycles. The number of morpholine rings is 1. The molecule has 1 unspecified atom stereocenters. The number of amides is 1. The summed E-state index contributed by atoms with van der Waals surface area (Å²) >= 11 is 0.992. The molecule has 31 heavy (non-hydrogen) atoms. The fraction of sp³-hybridized carbons (Fsp3) is 0.421. The topological polar surface area (TPSA) is 87.7 Å². The molecule has 1 aromatic heterocycles. The molecule has 1 atom stereocenters. The molecule has 0 spiro atoms. The first kappa shape index (κ1) is 23.5. The summed E-state index contributed by atoms with van der Waals surface area (Å²) < 4.78 is 72.8. The summed E-state index contributed by atoms with van der Waals surface area (Å²) in [7, 11) is -3.88. The molecule has 1 amide bonds. The van der Waals surface area contributed by atoms with Gasteiger partial charge in [-0.05, 0) is 36.1 Å². The number of anilines is 1. The molecule has 3 rings (SSSR count). The number of nitrogens with zero attached hydrogens (tertiary/aromatic N) is 1. The number of hydrogen-bond donors (Lipinski definition) is 2. The van der Waals surface area contributed by atoms with E-state index in [0.29, 0.717) is 32.0 Å². The van der Waals surface area contributed by atoms with Crippen molar-refractivity contribution in [3.8, 4) is 0 Å². The normalized spacial score (nSPS) is 16.2. The fourth-order valence-electron chi connectivity index (χ4n) is 3.10. The van der Waals surface area contributed by atoms with Gasteiger partial charge in [0.25, 0.3) is 10.0 Å². The van der Waals surface area contributed by atoms with Gasteiger partial charge in [-0.1, -0.05) is 12.1 Å². The Bertz CT molecular complexity index is 1000. The quantitative estimate of drug-likeness (QED) is 0.640. The molecule has 2 aromatic rings. The van der Waals surface area contributed by atoms with Crippen LogP contribution in [0.2, 0.25) is 0 Å². The number of carbonyl (C=O) groups excluding carboxylic acids is 1. The molecule has 1 fully saturated rings. The largest absolute Gasteiger partial charge is 0.416 e. The summed E-state index contributed by atoms with van der Waals surface area (Å²) in [5.74, 6) is -0.731. The van der Waals surface area contributed by atoms with Gasteiger partial charge in [0.2, 0.25) is 5.91 Å². The monoisotopic (exact) mass is 477 g/mol. The van der Waals surface area contributed by atoms with Gasteiger partial charge in [0.1, 0.15) is 4.21 Å². The number of halogens is 3. The number of carbonyl (C=O) groups is 1. The Morgan fingerprint density at radius 1 is 1.26 bits per heavy atom. The third kappa shape index (κ3) is 5.97. The van der Waals surface area contributed by atoms with Crippen molar-refractivity contribution >= 4 is 33.0 Å². The minimum atomic E-state index is -4.60. The van der Waals surface area contributed by atoms with Crippen molar-refractivity contribution in [3.05, 3.63) is 46.8 Å². The van der Waals surface area contributed by atoms with Crippen LogP contribution in [-0.4, -0.2) is 46.7 Å². The zero-order valence-electron chi connectivity index (χ0n) is 16.6. The maximum atomic E-state index is 13.6. The van der Waals surface area contributed by atoms with Crippen LogP contribution >= 0.6 is 11.3 Å². The zero-order valence-corrected chi connectivity index (χ0v) is 18.2. The fourth-order valence-corrected chi connectivity index (χ4v) is 5.31. The molecule has 0 saturated carbocycles. The molecule has 7 nitrogen and oxygen atoms in total. The second-order valence-electron chi connectivity index (χ2n) is 6.93. The van der Waals surface area contributed by atoms with Gasteiger partial charge in [0, 0.05) is 25.3 Å². The van der Waals surface area contributed by atoms with Crippen molar-refractivity contribution < 1.29 is 31.1 Å². The highest BCUT2D eigenvalue weighted by Crippen LogP contribution is 2.35. The van der Waals surface area contributed by atoms with E-state index in [4.69, 9.17) is 4.74 Å². The Kier molecular flexibility index (Phi) is 7.24. The molecule has 0 bridgehead atoms. The summed E-state index contributed by atoms with van der Waals surface area (Å²) in [6.45, 7) is 2.82. The molecule has 1 saturated heterocycles. The van der Waals surface area contributed by atoms with Crippen molar-refractivity contribution in [2.45, 2.75) is 29.9 Å². The van der Waals surface area contributed by atoms with E-state index in [1.54, 1.807) is 17.5 Å². The number of benzene rings is 1. The summed E-state index contributed by atoms with van der Waals surface area (Å²) in [4.78, 5) is 14.1. The third-order valence-corrected chi connectivity index (χ3v) is 7.65. The van der Waals surface area contributed by atoms with Crippen LogP contribution in [0.4, 0.5) is 18.9 Å². The van der Waals surface area contributed by atoms with Crippen LogP contribution in [-0.2, 0) is 32.3 Å². The van der Waals surface area contributed by atoms with Crippen molar-refractivity contribution in [2.24, 2.45) is 0 Å². The Labute approximate surface area is 182 Å². The van der Waals surface area contributed by atoms with Crippen molar-refractivity contribution in [1.29, 1.82) is 0 Å². The van der Waals surface area contributed by atoms with Crippen LogP contribution in [0.25, 0.3) is 0 Å². The van der Waals surface area contributed by atoms with Crippen LogP contribution in [0.5, 0.6) is 0 Å². The zero-order chi connectivity index (χ0) is 22.6. The average Bonchev–Trinajstić information content (AvgIpc) is 3.27. The van der Waals surface area contributed by atoms with E-state index in [1.165, 1.54) is 19.1 Å². The number of ether oxygens (including phenoxy) is 1. The highest BCUT2D eigenvalue weighted by Gasteiger charge is 2.34. The Morgan fingerprint density at radius 3 is 2.58 bits per heavy atom. The molecule has 12 heteroatoms. The number of rotatable bonds is 7. The van der Waals surface area contributed by atoms with Gasteiger partial charge in [-0.3, -0.25) is 4.79 Å². The number of hydrogen-bond acceptors (Lipinski definition) is 6. The predicted octanol–water partition coefficient (Wildman–Crippen LogP) is 2.59. The van der Waals surface area contributed by atoms with Gasteiger partial charge in [-0.15, -0.1) is 11.3 Å². The summed E-state index contributed by atoms with van der Waals surface area (Å²) in [5, 5.41) is 3.96. The Hall–Kier alpha value is -2.15. The van der Waals surface area contributed by atoms with E-state index < -0.39 is 33.7 Å². The van der Waals surface area contributed by atoms with Crippen molar-refractivity contribution in [1.82, 2.24) is 10.0 Å². The van der Waals surface area contributed by atoms with Gasteiger partial charge >= 0.3 is 6.18 Å². The van der Waals surface area contributed by atoms with E-state index in [-0.39, 0.29) is 16.3 Å². The number of alkyl halides is 3. The standard InChI is InChI=1S/C19H22F3N3O4S2/c1-13(24-31(27,28)17-3-2-10-30-17)18(26)23-12-14-4-5-15(11-16(14)19(20,21)22)25-6-8-29-9-7-25/h2-5,10-11,13,24H,6-9,12H2,1H3,(H,23,26). The van der Waals surface area contributed by atoms with Crippen LogP contribution in [0, 0.1) is 0 Å². The van der Waals surface area contributed by atoms with E-state index in [9.17, 15) is 26.4 Å². The molecule has 1 aliphatic heterocycles. The van der Waals surface area contributed by atoms with E-state index >= 15 is 0 Å². The Morgan fingerprint density at radius 2 is 1.97 bits per heavy atom. The van der Waals surface area contributed by atoms with Gasteiger partial charge in [-0.2, -0.15) is 17.9 Å². The lowest BCUT2D eigenvalue weighted by Gasteiger charge is -2.29. The maximum Gasteiger partial charge on any atom is 0.416 e. The molecule has 170 valence electrons. The number of nitrogens with one attached hydrogen (secondary N) is 2. The van der Waals surface area contributed by atoms with E-state index in [1.807, 2.05) is 4.90 Å². The molecular formula is C19H22F3N3O4S2. The van der Waals surface area contributed by atoms with Crippen LogP contribution in [0.3, 0.4) is 0 Å². The molecule has 2 heterocycles. The molecule has 2 N–H and O–H groups in total. The SMILES string of the molecule is CC(NS(=O)(=O)c1cccs1)C(=O)NCc1ccc(N2CCOCC2)cc1C(F)(F)F. The summed E-state index contributed by atoms with van der Waals surface area (Å²) in [5.41, 5.74) is -0.516. The first-order valence-electron chi connectivity index (χ1n) is 9.44. The highest BCUT2D eigenvalue weighted by molar-refractivity contribution is 7.91. The van der Waals surface area contributed by atoms with E-state index in [0.717, 1.165) is 17.4 Å². The summed E-state index contributed by atoms with van der Waals surface area (Å²) in [6, 6.07) is 5.76. The van der Waals surface area contributed by atoms with Gasteiger partial charge < -0.3 is 15.0 Å². The van der Waals surface area contributed by atoms with E-state index in [2.05, 4.69) is 10.0 Å². The smallest absolute Gasteiger partial charge is 0.378 e. The van der Waals surface area contributed by atoms with Crippen LogP contribution in [0.15, 0.2) is 39.9 Å². The minimum Gasteiger partial charge on any atom is -0.378 e. The average molecular weight is 478 g/mol. The molecular weight excluding hydrogens is 455 g/mol. The molecule has 1 aromatic carbocycles. The molecule has 0 radical (unpaired) electrons. The van der Waals surface area contributed by atoms with Gasteiger partial charge in [-0.25, -0.2) is 8.42 Å². The number of sulfonamides is 1. The van der Waals surface area contributed by atoms with Gasteiger partial charge in [0.15, 0.2) is 0 Å². The third-order valence-electron chi connectivity index (χ3n) is 4.71. The van der Waals surface area contributed by atoms with Crippen molar-refractivity contribution in [3.63, 3.8) is 0 Å². The second-order valence-corrected chi connectivity index (χ2v) is 9.82. The van der Waals surface area contributed by atoms with Crippen LogP contribution < -0.4 is 14.9 Å². The molecule has 1 aliphatic rings.